The summed E-state index contributed by atoms with van der Waals surface area (Å²) in [7, 11) is 0. The van der Waals surface area contributed by atoms with Gasteiger partial charge in [0.05, 0.1) is 20.6 Å². The molecule has 2 rings (SSSR count). The topological polar surface area (TPSA) is 50.2 Å². The van der Waals surface area contributed by atoms with Gasteiger partial charge < -0.3 is 5.11 Å². The van der Waals surface area contributed by atoms with E-state index in [0.717, 1.165) is 5.56 Å². The Balaban J connectivity index is 2.07. The molecule has 0 fully saturated rings. The third-order valence-corrected chi connectivity index (χ3v) is 4.09. The van der Waals surface area contributed by atoms with E-state index >= 15 is 0 Å². The molecule has 0 saturated heterocycles. The molecule has 3 nitrogen and oxygen atoms in total. The maximum absolute atomic E-state index is 10.8. The van der Waals surface area contributed by atoms with Gasteiger partial charge in [0.2, 0.25) is 0 Å². The molecule has 1 heterocycles. The Morgan fingerprint density at radius 1 is 1.21 bits per heavy atom. The summed E-state index contributed by atoms with van der Waals surface area (Å²) < 4.78 is 0. The lowest BCUT2D eigenvalue weighted by Crippen LogP contribution is -1.96. The van der Waals surface area contributed by atoms with Crippen LogP contribution < -0.4 is 0 Å². The van der Waals surface area contributed by atoms with Crippen molar-refractivity contribution in [3.8, 4) is 0 Å². The van der Waals surface area contributed by atoms with Crippen LogP contribution in [0.5, 0.6) is 0 Å². The van der Waals surface area contributed by atoms with Gasteiger partial charge in [0.15, 0.2) is 0 Å². The number of carboxylic acids is 1. The van der Waals surface area contributed by atoms with Crippen molar-refractivity contribution in [1.82, 2.24) is 4.98 Å². The molecule has 0 atom stereocenters. The molecule has 1 aromatic carbocycles. The maximum Gasteiger partial charge on any atom is 0.335 e. The van der Waals surface area contributed by atoms with E-state index in [1.165, 1.54) is 24.0 Å². The lowest BCUT2D eigenvalue weighted by Gasteiger charge is -2.04. The van der Waals surface area contributed by atoms with Crippen molar-refractivity contribution in [3.05, 3.63) is 57.7 Å². The first kappa shape index (κ1) is 14.2. The molecular formula is C13H9Cl2NO2S. The highest BCUT2D eigenvalue weighted by Crippen LogP contribution is 2.27. The Labute approximate surface area is 124 Å². The van der Waals surface area contributed by atoms with E-state index in [1.807, 2.05) is 6.07 Å². The van der Waals surface area contributed by atoms with Gasteiger partial charge in [-0.15, -0.1) is 11.8 Å². The molecule has 0 unspecified atom stereocenters. The van der Waals surface area contributed by atoms with Crippen molar-refractivity contribution < 1.29 is 9.90 Å². The summed E-state index contributed by atoms with van der Waals surface area (Å²) in [6, 6.07) is 8.41. The summed E-state index contributed by atoms with van der Waals surface area (Å²) in [5.74, 6) is -0.314. The Morgan fingerprint density at radius 2 is 2.00 bits per heavy atom. The zero-order valence-electron chi connectivity index (χ0n) is 9.64. The Kier molecular flexibility index (Phi) is 4.69. The number of rotatable bonds is 4. The minimum atomic E-state index is -0.959. The van der Waals surface area contributed by atoms with E-state index in [4.69, 9.17) is 28.3 Å². The highest BCUT2D eigenvalue weighted by atomic mass is 35.5. The summed E-state index contributed by atoms with van der Waals surface area (Å²) in [6.07, 6.45) is 1.49. The van der Waals surface area contributed by atoms with Gasteiger partial charge in [-0.2, -0.15) is 0 Å². The summed E-state index contributed by atoms with van der Waals surface area (Å²) in [5.41, 5.74) is 1.23. The molecule has 0 amide bonds. The second-order valence-corrected chi connectivity index (χ2v) is 5.54. The number of nitrogens with zero attached hydrogens (tertiary/aromatic N) is 1. The normalized spacial score (nSPS) is 10.4. The molecule has 2 aromatic rings. The van der Waals surface area contributed by atoms with E-state index in [0.29, 0.717) is 20.8 Å². The van der Waals surface area contributed by atoms with Crippen LogP contribution in [0, 0.1) is 0 Å². The lowest BCUT2D eigenvalue weighted by atomic mass is 10.2. The molecule has 0 saturated carbocycles. The monoisotopic (exact) mass is 313 g/mol. The summed E-state index contributed by atoms with van der Waals surface area (Å²) >= 11 is 13.2. The van der Waals surface area contributed by atoms with Gasteiger partial charge in [0.1, 0.15) is 0 Å². The smallest absolute Gasteiger partial charge is 0.335 e. The van der Waals surface area contributed by atoms with Crippen molar-refractivity contribution in [1.29, 1.82) is 0 Å². The number of aromatic carboxylic acids is 1. The first-order valence-electron chi connectivity index (χ1n) is 5.32. The van der Waals surface area contributed by atoms with Gasteiger partial charge in [0, 0.05) is 11.9 Å². The second kappa shape index (κ2) is 6.28. The van der Waals surface area contributed by atoms with Gasteiger partial charge in [0.25, 0.3) is 0 Å². The van der Waals surface area contributed by atoms with Crippen molar-refractivity contribution in [2.75, 3.05) is 0 Å². The molecule has 98 valence electrons. The van der Waals surface area contributed by atoms with Crippen LogP contribution in [0.1, 0.15) is 15.9 Å². The molecule has 0 aliphatic rings. The lowest BCUT2D eigenvalue weighted by molar-refractivity contribution is 0.0696. The Bertz CT molecular complexity index is 619. The van der Waals surface area contributed by atoms with Crippen LogP contribution in [0.15, 0.2) is 41.6 Å². The SMILES string of the molecule is O=C(O)c1ccnc(SCc2ccc(Cl)c(Cl)c2)c1. The van der Waals surface area contributed by atoms with Gasteiger partial charge in [-0.3, -0.25) is 0 Å². The number of hydrogen-bond donors (Lipinski definition) is 1. The molecule has 19 heavy (non-hydrogen) atoms. The van der Waals surface area contributed by atoms with Crippen LogP contribution in [0.4, 0.5) is 0 Å². The number of carboxylic acid groups (broad SMARTS) is 1. The number of thioether (sulfide) groups is 1. The third kappa shape index (κ3) is 3.86. The molecule has 0 radical (unpaired) electrons. The number of pyridine rings is 1. The molecule has 1 N–H and O–H groups in total. The van der Waals surface area contributed by atoms with Crippen LogP contribution in [-0.4, -0.2) is 16.1 Å². The molecule has 1 aromatic heterocycles. The van der Waals surface area contributed by atoms with E-state index in [-0.39, 0.29) is 5.56 Å². The number of carbonyl (C=O) groups is 1. The average molecular weight is 314 g/mol. The van der Waals surface area contributed by atoms with Gasteiger partial charge in [-0.05, 0) is 29.8 Å². The highest BCUT2D eigenvalue weighted by molar-refractivity contribution is 7.98. The molecule has 0 aliphatic carbocycles. The van der Waals surface area contributed by atoms with Crippen LogP contribution in [0.2, 0.25) is 10.0 Å². The molecule has 0 aliphatic heterocycles. The Hall–Kier alpha value is -1.23. The van der Waals surface area contributed by atoms with Crippen molar-refractivity contribution in [2.45, 2.75) is 10.8 Å². The number of hydrogen-bond acceptors (Lipinski definition) is 3. The van der Waals surface area contributed by atoms with E-state index in [9.17, 15) is 4.79 Å². The largest absolute Gasteiger partial charge is 0.478 e. The summed E-state index contributed by atoms with van der Waals surface area (Å²) in [5, 5.41) is 10.6. The van der Waals surface area contributed by atoms with E-state index < -0.39 is 5.97 Å². The zero-order chi connectivity index (χ0) is 13.8. The van der Waals surface area contributed by atoms with Crippen molar-refractivity contribution in [2.24, 2.45) is 0 Å². The fourth-order valence-electron chi connectivity index (χ4n) is 1.41. The summed E-state index contributed by atoms with van der Waals surface area (Å²) in [6.45, 7) is 0. The predicted octanol–water partition coefficient (Wildman–Crippen LogP) is 4.38. The number of aromatic nitrogens is 1. The van der Waals surface area contributed by atoms with Crippen LogP contribution in [0.3, 0.4) is 0 Å². The molecule has 0 bridgehead atoms. The third-order valence-electron chi connectivity index (χ3n) is 2.35. The number of halogens is 2. The minimum Gasteiger partial charge on any atom is -0.478 e. The standard InChI is InChI=1S/C13H9Cl2NO2S/c14-10-2-1-8(5-11(10)15)7-19-12-6-9(13(17)18)3-4-16-12/h1-6H,7H2,(H,17,18). The van der Waals surface area contributed by atoms with Crippen molar-refractivity contribution >= 4 is 40.9 Å². The van der Waals surface area contributed by atoms with Gasteiger partial charge >= 0.3 is 5.97 Å². The molecule has 6 heteroatoms. The number of benzene rings is 1. The second-order valence-electron chi connectivity index (χ2n) is 3.73. The van der Waals surface area contributed by atoms with Crippen LogP contribution in [-0.2, 0) is 5.75 Å². The van der Waals surface area contributed by atoms with Crippen molar-refractivity contribution in [3.63, 3.8) is 0 Å². The fourth-order valence-corrected chi connectivity index (χ4v) is 2.57. The van der Waals surface area contributed by atoms with Gasteiger partial charge in [-0.1, -0.05) is 29.3 Å². The summed E-state index contributed by atoms with van der Waals surface area (Å²) in [4.78, 5) is 15.0. The van der Waals surface area contributed by atoms with E-state index in [1.54, 1.807) is 18.2 Å². The minimum absolute atomic E-state index is 0.228. The highest BCUT2D eigenvalue weighted by Gasteiger charge is 2.05. The predicted molar refractivity (Wildman–Crippen MR) is 77.2 cm³/mol. The maximum atomic E-state index is 10.8. The zero-order valence-corrected chi connectivity index (χ0v) is 12.0. The van der Waals surface area contributed by atoms with Gasteiger partial charge in [-0.25, -0.2) is 9.78 Å². The first-order valence-corrected chi connectivity index (χ1v) is 7.06. The fraction of sp³-hybridized carbons (Fsp3) is 0.0769. The quantitative estimate of drug-likeness (QED) is 0.851. The van der Waals surface area contributed by atoms with Crippen LogP contribution >= 0.6 is 35.0 Å². The average Bonchev–Trinajstić information content (AvgIpc) is 2.40. The first-order chi connectivity index (χ1) is 9.06. The molecule has 0 spiro atoms. The molecular weight excluding hydrogens is 305 g/mol. The van der Waals surface area contributed by atoms with E-state index in [2.05, 4.69) is 4.98 Å². The van der Waals surface area contributed by atoms with Crippen LogP contribution in [0.25, 0.3) is 0 Å². The Morgan fingerprint density at radius 3 is 2.68 bits per heavy atom.